The van der Waals surface area contributed by atoms with Gasteiger partial charge in [-0.2, -0.15) is 5.10 Å². The van der Waals surface area contributed by atoms with Gasteiger partial charge in [0.15, 0.2) is 5.65 Å². The van der Waals surface area contributed by atoms with Gasteiger partial charge in [-0.15, -0.1) is 0 Å². The molecule has 0 amide bonds. The van der Waals surface area contributed by atoms with Gasteiger partial charge in [0.05, 0.1) is 36.6 Å². The Hall–Kier alpha value is -2.41. The Morgan fingerprint density at radius 1 is 1.14 bits per heavy atom. The SMILES string of the molecule is Cn1cc(-c2cnc3cncc(N4CCC(O)CC4)n23)cn1. The van der Waals surface area contributed by atoms with Crippen LogP contribution in [0.3, 0.4) is 0 Å². The highest BCUT2D eigenvalue weighted by Crippen LogP contribution is 2.27. The van der Waals surface area contributed by atoms with Crippen LogP contribution >= 0.6 is 0 Å². The lowest BCUT2D eigenvalue weighted by molar-refractivity contribution is 0.145. The molecule has 0 aromatic carbocycles. The third-order valence-electron chi connectivity index (χ3n) is 4.19. The highest BCUT2D eigenvalue weighted by Gasteiger charge is 2.21. The summed E-state index contributed by atoms with van der Waals surface area (Å²) in [5, 5.41) is 14.0. The van der Waals surface area contributed by atoms with Crippen molar-refractivity contribution in [2.45, 2.75) is 18.9 Å². The molecule has 0 aliphatic carbocycles. The van der Waals surface area contributed by atoms with Crippen LogP contribution < -0.4 is 4.90 Å². The van der Waals surface area contributed by atoms with Crippen molar-refractivity contribution in [3.8, 4) is 11.3 Å². The van der Waals surface area contributed by atoms with E-state index in [-0.39, 0.29) is 6.10 Å². The molecule has 0 atom stereocenters. The molecular formula is C15H18N6O. The van der Waals surface area contributed by atoms with E-state index in [1.807, 2.05) is 31.8 Å². The van der Waals surface area contributed by atoms with E-state index in [2.05, 4.69) is 24.4 Å². The molecule has 0 unspecified atom stereocenters. The molecule has 1 fully saturated rings. The smallest absolute Gasteiger partial charge is 0.157 e. The quantitative estimate of drug-likeness (QED) is 0.767. The van der Waals surface area contributed by atoms with Crippen LogP contribution in [0.15, 0.2) is 31.0 Å². The zero-order chi connectivity index (χ0) is 15.1. The Bertz CT molecular complexity index is 799. The van der Waals surface area contributed by atoms with Gasteiger partial charge in [0, 0.05) is 31.9 Å². The Morgan fingerprint density at radius 3 is 2.68 bits per heavy atom. The monoisotopic (exact) mass is 298 g/mol. The first-order chi connectivity index (χ1) is 10.7. The summed E-state index contributed by atoms with van der Waals surface area (Å²) < 4.78 is 3.90. The van der Waals surface area contributed by atoms with Crippen molar-refractivity contribution in [2.24, 2.45) is 7.05 Å². The van der Waals surface area contributed by atoms with E-state index in [9.17, 15) is 5.11 Å². The van der Waals surface area contributed by atoms with Gasteiger partial charge in [-0.25, -0.2) is 4.98 Å². The van der Waals surface area contributed by atoms with Crippen LogP contribution in [0, 0.1) is 0 Å². The van der Waals surface area contributed by atoms with E-state index < -0.39 is 0 Å². The lowest BCUT2D eigenvalue weighted by Gasteiger charge is -2.31. The van der Waals surface area contributed by atoms with Gasteiger partial charge >= 0.3 is 0 Å². The Kier molecular flexibility index (Phi) is 3.07. The number of aliphatic hydroxyl groups is 1. The molecule has 3 aromatic heterocycles. The second-order valence-corrected chi connectivity index (χ2v) is 5.72. The summed E-state index contributed by atoms with van der Waals surface area (Å²) in [6, 6.07) is 0. The Morgan fingerprint density at radius 2 is 1.95 bits per heavy atom. The van der Waals surface area contributed by atoms with E-state index in [1.54, 1.807) is 10.9 Å². The van der Waals surface area contributed by atoms with Crippen LogP contribution in [0.2, 0.25) is 0 Å². The van der Waals surface area contributed by atoms with Gasteiger partial charge in [-0.1, -0.05) is 0 Å². The average molecular weight is 298 g/mol. The number of piperidine rings is 1. The minimum absolute atomic E-state index is 0.191. The fourth-order valence-corrected chi connectivity index (χ4v) is 3.00. The van der Waals surface area contributed by atoms with E-state index in [0.717, 1.165) is 48.7 Å². The van der Waals surface area contributed by atoms with Crippen LogP contribution in [-0.2, 0) is 7.05 Å². The van der Waals surface area contributed by atoms with Crippen molar-refractivity contribution in [1.82, 2.24) is 24.1 Å². The maximum absolute atomic E-state index is 9.71. The zero-order valence-corrected chi connectivity index (χ0v) is 12.4. The maximum Gasteiger partial charge on any atom is 0.157 e. The summed E-state index contributed by atoms with van der Waals surface area (Å²) in [6.07, 6.45) is 10.7. The number of anilines is 1. The molecule has 0 saturated carbocycles. The molecule has 4 heterocycles. The molecule has 22 heavy (non-hydrogen) atoms. The number of aryl methyl sites for hydroxylation is 1. The first kappa shape index (κ1) is 13.3. The van der Waals surface area contributed by atoms with Crippen LogP contribution in [-0.4, -0.2) is 48.4 Å². The normalized spacial score (nSPS) is 16.5. The Labute approximate surface area is 127 Å². The van der Waals surface area contributed by atoms with E-state index in [1.165, 1.54) is 0 Å². The molecule has 7 heteroatoms. The molecule has 1 aliphatic rings. The molecule has 7 nitrogen and oxygen atoms in total. The number of aromatic nitrogens is 5. The molecule has 3 aromatic rings. The van der Waals surface area contributed by atoms with Gasteiger partial charge in [0.1, 0.15) is 5.82 Å². The molecular weight excluding hydrogens is 280 g/mol. The molecule has 0 bridgehead atoms. The minimum atomic E-state index is -0.191. The largest absolute Gasteiger partial charge is 0.393 e. The second kappa shape index (κ2) is 5.10. The summed E-state index contributed by atoms with van der Waals surface area (Å²) in [5.74, 6) is 1.01. The first-order valence-electron chi connectivity index (χ1n) is 7.46. The fourth-order valence-electron chi connectivity index (χ4n) is 3.00. The maximum atomic E-state index is 9.71. The second-order valence-electron chi connectivity index (χ2n) is 5.72. The standard InChI is InChI=1S/C15H18N6O/c1-19-10-11(6-18-19)13-7-17-14-8-16-9-15(21(13)14)20-4-2-12(22)3-5-20/h6-10,12,22H,2-5H2,1H3. The van der Waals surface area contributed by atoms with E-state index in [0.29, 0.717) is 0 Å². The predicted octanol–water partition coefficient (Wildman–Crippen LogP) is 1.09. The zero-order valence-electron chi connectivity index (χ0n) is 12.4. The van der Waals surface area contributed by atoms with Crippen LogP contribution in [0.1, 0.15) is 12.8 Å². The number of nitrogens with zero attached hydrogens (tertiary/aromatic N) is 6. The van der Waals surface area contributed by atoms with Crippen molar-refractivity contribution in [2.75, 3.05) is 18.0 Å². The molecule has 114 valence electrons. The van der Waals surface area contributed by atoms with Crippen LogP contribution in [0.5, 0.6) is 0 Å². The molecule has 1 aliphatic heterocycles. The number of hydrogen-bond acceptors (Lipinski definition) is 5. The van der Waals surface area contributed by atoms with Gasteiger partial charge in [0.25, 0.3) is 0 Å². The van der Waals surface area contributed by atoms with Gasteiger partial charge in [0.2, 0.25) is 0 Å². The van der Waals surface area contributed by atoms with E-state index in [4.69, 9.17) is 0 Å². The van der Waals surface area contributed by atoms with Crippen LogP contribution in [0.25, 0.3) is 16.9 Å². The van der Waals surface area contributed by atoms with Crippen molar-refractivity contribution in [1.29, 1.82) is 0 Å². The Balaban J connectivity index is 1.83. The third kappa shape index (κ3) is 2.14. The van der Waals surface area contributed by atoms with Gasteiger partial charge < -0.3 is 10.0 Å². The number of imidazole rings is 1. The van der Waals surface area contributed by atoms with Crippen molar-refractivity contribution in [3.05, 3.63) is 31.0 Å². The van der Waals surface area contributed by atoms with Crippen molar-refractivity contribution in [3.63, 3.8) is 0 Å². The lowest BCUT2D eigenvalue weighted by atomic mass is 10.1. The topological polar surface area (TPSA) is 71.5 Å². The summed E-state index contributed by atoms with van der Waals surface area (Å²) in [4.78, 5) is 11.0. The molecule has 1 saturated heterocycles. The van der Waals surface area contributed by atoms with Crippen molar-refractivity contribution >= 4 is 11.5 Å². The number of aliphatic hydroxyl groups excluding tert-OH is 1. The van der Waals surface area contributed by atoms with E-state index >= 15 is 0 Å². The van der Waals surface area contributed by atoms with Gasteiger partial charge in [-0.3, -0.25) is 14.1 Å². The minimum Gasteiger partial charge on any atom is -0.393 e. The van der Waals surface area contributed by atoms with Crippen LogP contribution in [0.4, 0.5) is 5.82 Å². The number of hydrogen-bond donors (Lipinski definition) is 1. The molecule has 0 radical (unpaired) electrons. The molecule has 1 N–H and O–H groups in total. The number of rotatable bonds is 2. The first-order valence-corrected chi connectivity index (χ1v) is 7.46. The lowest BCUT2D eigenvalue weighted by Crippen LogP contribution is -2.36. The number of fused-ring (bicyclic) bond motifs is 1. The average Bonchev–Trinajstić information content (AvgIpc) is 3.13. The summed E-state index contributed by atoms with van der Waals surface area (Å²) >= 11 is 0. The summed E-state index contributed by atoms with van der Waals surface area (Å²) in [5.41, 5.74) is 2.86. The molecule has 0 spiro atoms. The fraction of sp³-hybridized carbons (Fsp3) is 0.400. The third-order valence-corrected chi connectivity index (χ3v) is 4.19. The van der Waals surface area contributed by atoms with Gasteiger partial charge in [-0.05, 0) is 12.8 Å². The van der Waals surface area contributed by atoms with Crippen molar-refractivity contribution < 1.29 is 5.11 Å². The summed E-state index contributed by atoms with van der Waals surface area (Å²) in [7, 11) is 1.90. The highest BCUT2D eigenvalue weighted by molar-refractivity contribution is 5.66. The highest BCUT2D eigenvalue weighted by atomic mass is 16.3. The predicted molar refractivity (Wildman–Crippen MR) is 82.6 cm³/mol. The molecule has 4 rings (SSSR count). The summed E-state index contributed by atoms with van der Waals surface area (Å²) in [6.45, 7) is 1.65.